The molecular weight excluding hydrogens is 214 g/mol. The van der Waals surface area contributed by atoms with E-state index < -0.39 is 0 Å². The maximum Gasteiger partial charge on any atom is 0.103 e. The molecule has 3 aromatic rings. The van der Waals surface area contributed by atoms with Crippen LogP contribution in [0.1, 0.15) is 11.1 Å². The zero-order valence-electron chi connectivity index (χ0n) is 9.15. The van der Waals surface area contributed by atoms with Crippen molar-refractivity contribution in [3.8, 4) is 17.3 Å². The van der Waals surface area contributed by atoms with Gasteiger partial charge in [0, 0.05) is 17.1 Å². The first-order chi connectivity index (χ1) is 8.29. The number of aromatic amines is 2. The van der Waals surface area contributed by atoms with Gasteiger partial charge in [-0.15, -0.1) is 0 Å². The van der Waals surface area contributed by atoms with Crippen LogP contribution < -0.4 is 0 Å². The molecule has 0 aliphatic heterocycles. The van der Waals surface area contributed by atoms with Gasteiger partial charge in [-0.25, -0.2) is 0 Å². The Morgan fingerprint density at radius 1 is 1.35 bits per heavy atom. The molecule has 82 valence electrons. The second-order valence-corrected chi connectivity index (χ2v) is 3.88. The summed E-state index contributed by atoms with van der Waals surface area (Å²) < 4.78 is 0. The number of hydrogen-bond donors (Lipinski definition) is 2. The maximum atomic E-state index is 8.97. The molecule has 2 heterocycles. The largest absolute Gasteiger partial charge is 0.285 e. The number of aryl methyl sites for hydroxylation is 1. The number of aromatic nitrogens is 4. The summed E-state index contributed by atoms with van der Waals surface area (Å²) in [6.07, 6.45) is 3.52. The van der Waals surface area contributed by atoms with E-state index in [0.29, 0.717) is 5.56 Å². The van der Waals surface area contributed by atoms with Gasteiger partial charge in [-0.1, -0.05) is 0 Å². The van der Waals surface area contributed by atoms with Crippen molar-refractivity contribution in [3.63, 3.8) is 0 Å². The van der Waals surface area contributed by atoms with Gasteiger partial charge in [-0.2, -0.15) is 15.5 Å². The lowest BCUT2D eigenvalue weighted by Gasteiger charge is -1.98. The van der Waals surface area contributed by atoms with Crippen LogP contribution in [0, 0.1) is 18.3 Å². The van der Waals surface area contributed by atoms with Gasteiger partial charge in [-0.05, 0) is 24.6 Å². The van der Waals surface area contributed by atoms with Crippen LogP contribution in [0.4, 0.5) is 0 Å². The Morgan fingerprint density at radius 2 is 2.24 bits per heavy atom. The Labute approximate surface area is 97.1 Å². The van der Waals surface area contributed by atoms with E-state index in [1.54, 1.807) is 12.4 Å². The molecule has 5 nitrogen and oxygen atoms in total. The molecule has 0 amide bonds. The van der Waals surface area contributed by atoms with Gasteiger partial charge in [-0.3, -0.25) is 10.2 Å². The van der Waals surface area contributed by atoms with Crippen LogP contribution in [0.5, 0.6) is 0 Å². The van der Waals surface area contributed by atoms with Crippen LogP contribution in [-0.4, -0.2) is 20.4 Å². The van der Waals surface area contributed by atoms with Crippen LogP contribution in [0.15, 0.2) is 24.5 Å². The first-order valence-electron chi connectivity index (χ1n) is 5.17. The predicted molar refractivity (Wildman–Crippen MR) is 63.1 cm³/mol. The predicted octanol–water partition coefficient (Wildman–Crippen LogP) is 2.13. The van der Waals surface area contributed by atoms with Crippen LogP contribution in [-0.2, 0) is 0 Å². The molecule has 0 saturated heterocycles. The molecule has 5 heteroatoms. The van der Waals surface area contributed by atoms with E-state index in [2.05, 4.69) is 26.5 Å². The molecule has 0 saturated carbocycles. The van der Waals surface area contributed by atoms with Gasteiger partial charge < -0.3 is 0 Å². The second kappa shape index (κ2) is 3.46. The van der Waals surface area contributed by atoms with Gasteiger partial charge in [0.25, 0.3) is 0 Å². The van der Waals surface area contributed by atoms with Gasteiger partial charge in [0.15, 0.2) is 0 Å². The van der Waals surface area contributed by atoms with Crippen molar-refractivity contribution in [2.75, 3.05) is 0 Å². The zero-order chi connectivity index (χ0) is 11.8. The molecule has 0 radical (unpaired) electrons. The number of nitrogens with zero attached hydrogens (tertiary/aromatic N) is 3. The van der Waals surface area contributed by atoms with E-state index in [4.69, 9.17) is 5.26 Å². The summed E-state index contributed by atoms with van der Waals surface area (Å²) in [5, 5.41) is 23.8. The summed E-state index contributed by atoms with van der Waals surface area (Å²) >= 11 is 0. The molecule has 0 unspecified atom stereocenters. The van der Waals surface area contributed by atoms with Gasteiger partial charge >= 0.3 is 0 Å². The number of rotatable bonds is 1. The zero-order valence-corrected chi connectivity index (χ0v) is 9.15. The summed E-state index contributed by atoms with van der Waals surface area (Å²) in [5.41, 5.74) is 4.26. The Bertz CT molecular complexity index is 715. The fourth-order valence-corrected chi connectivity index (χ4v) is 1.89. The smallest absolute Gasteiger partial charge is 0.103 e. The molecule has 0 bridgehead atoms. The highest BCUT2D eigenvalue weighted by molar-refractivity contribution is 5.93. The van der Waals surface area contributed by atoms with Crippen molar-refractivity contribution in [1.29, 1.82) is 5.26 Å². The fraction of sp³-hybridized carbons (Fsp3) is 0.0833. The lowest BCUT2D eigenvalue weighted by atomic mass is 10.0. The molecule has 0 aliphatic carbocycles. The molecule has 17 heavy (non-hydrogen) atoms. The monoisotopic (exact) mass is 223 g/mol. The van der Waals surface area contributed by atoms with Gasteiger partial charge in [0.05, 0.1) is 23.3 Å². The topological polar surface area (TPSA) is 81.2 Å². The summed E-state index contributed by atoms with van der Waals surface area (Å²) in [6.45, 7) is 1.92. The van der Waals surface area contributed by atoms with Crippen molar-refractivity contribution < 1.29 is 0 Å². The number of H-pyrrole nitrogens is 2. The van der Waals surface area contributed by atoms with Crippen molar-refractivity contribution in [3.05, 3.63) is 35.7 Å². The molecular formula is C12H9N5. The van der Waals surface area contributed by atoms with Crippen LogP contribution in [0.25, 0.3) is 22.2 Å². The third-order valence-electron chi connectivity index (χ3n) is 2.80. The maximum absolute atomic E-state index is 8.97. The minimum absolute atomic E-state index is 0.667. The molecule has 1 aromatic carbocycles. The third-order valence-corrected chi connectivity index (χ3v) is 2.80. The number of nitriles is 1. The van der Waals surface area contributed by atoms with E-state index in [-0.39, 0.29) is 0 Å². The van der Waals surface area contributed by atoms with E-state index in [1.165, 1.54) is 0 Å². The summed E-state index contributed by atoms with van der Waals surface area (Å²) in [7, 11) is 0. The Balaban J connectivity index is 2.31. The molecule has 0 atom stereocenters. The average molecular weight is 223 g/mol. The van der Waals surface area contributed by atoms with Crippen molar-refractivity contribution in [1.82, 2.24) is 20.4 Å². The van der Waals surface area contributed by atoms with E-state index >= 15 is 0 Å². The molecule has 2 aromatic heterocycles. The first kappa shape index (κ1) is 9.60. The van der Waals surface area contributed by atoms with Crippen molar-refractivity contribution in [2.24, 2.45) is 0 Å². The Morgan fingerprint density at radius 3 is 2.94 bits per heavy atom. The van der Waals surface area contributed by atoms with Crippen LogP contribution in [0.3, 0.4) is 0 Å². The fourth-order valence-electron chi connectivity index (χ4n) is 1.89. The van der Waals surface area contributed by atoms with Crippen LogP contribution >= 0.6 is 0 Å². The number of nitrogens with one attached hydrogen (secondary N) is 2. The van der Waals surface area contributed by atoms with Crippen LogP contribution in [0.2, 0.25) is 0 Å². The van der Waals surface area contributed by atoms with Gasteiger partial charge in [0.1, 0.15) is 5.69 Å². The molecule has 0 fully saturated rings. The Kier molecular flexibility index (Phi) is 1.95. The standard InChI is InChI=1S/C12H9N5/c1-7-2-10-11(3-8(7)4-13)16-17-12(10)9-5-14-15-6-9/h2-3,5-6H,1H3,(H,14,15)(H,16,17). The number of hydrogen-bond acceptors (Lipinski definition) is 3. The minimum atomic E-state index is 0.667. The second-order valence-electron chi connectivity index (χ2n) is 3.88. The lowest BCUT2D eigenvalue weighted by molar-refractivity contribution is 1.09. The molecule has 3 rings (SSSR count). The summed E-state index contributed by atoms with van der Waals surface area (Å²) in [4.78, 5) is 0. The number of benzene rings is 1. The van der Waals surface area contributed by atoms with Crippen molar-refractivity contribution >= 4 is 10.9 Å². The molecule has 2 N–H and O–H groups in total. The normalized spacial score (nSPS) is 10.6. The molecule has 0 spiro atoms. The third kappa shape index (κ3) is 1.39. The highest BCUT2D eigenvalue weighted by atomic mass is 15.1. The first-order valence-corrected chi connectivity index (χ1v) is 5.17. The summed E-state index contributed by atoms with van der Waals surface area (Å²) in [5.74, 6) is 0. The molecule has 0 aliphatic rings. The average Bonchev–Trinajstić information content (AvgIpc) is 2.95. The highest BCUT2D eigenvalue weighted by Gasteiger charge is 2.11. The lowest BCUT2D eigenvalue weighted by Crippen LogP contribution is -1.82. The Hall–Kier alpha value is -2.61. The highest BCUT2D eigenvalue weighted by Crippen LogP contribution is 2.27. The summed E-state index contributed by atoms with van der Waals surface area (Å²) in [6, 6.07) is 5.96. The van der Waals surface area contributed by atoms with E-state index in [1.807, 2.05) is 19.1 Å². The van der Waals surface area contributed by atoms with E-state index in [9.17, 15) is 0 Å². The van der Waals surface area contributed by atoms with E-state index in [0.717, 1.165) is 27.7 Å². The van der Waals surface area contributed by atoms with Gasteiger partial charge in [0.2, 0.25) is 0 Å². The SMILES string of the molecule is Cc1cc2c(-c3cn[nH]c3)n[nH]c2cc1C#N. The number of fused-ring (bicyclic) bond motifs is 1. The van der Waals surface area contributed by atoms with Crippen molar-refractivity contribution in [2.45, 2.75) is 6.92 Å². The quantitative estimate of drug-likeness (QED) is 0.663. The minimum Gasteiger partial charge on any atom is -0.285 e.